The third-order valence-electron chi connectivity index (χ3n) is 4.60. The number of rotatable bonds is 7. The number of carbonyl (C=O) groups excluding carboxylic acids is 2. The Balaban J connectivity index is 2.11. The van der Waals surface area contributed by atoms with Crippen LogP contribution in [0.1, 0.15) is 43.5 Å². The Hall–Kier alpha value is -1.95. The van der Waals surface area contributed by atoms with Crippen LogP contribution in [-0.4, -0.2) is 43.5 Å². The highest BCUT2D eigenvalue weighted by molar-refractivity contribution is 6.32. The second kappa shape index (κ2) is 9.12. The number of primary amides is 1. The number of nitrogens with zero attached hydrogens (tertiary/aromatic N) is 1. The van der Waals surface area contributed by atoms with E-state index < -0.39 is 0 Å². The molecule has 144 valence electrons. The fourth-order valence-electron chi connectivity index (χ4n) is 2.93. The number of halogens is 1. The monoisotopic (exact) mass is 382 g/mol. The molecule has 7 heteroatoms. The van der Waals surface area contributed by atoms with Gasteiger partial charge in [-0.3, -0.25) is 9.59 Å². The lowest BCUT2D eigenvalue weighted by Crippen LogP contribution is -2.41. The van der Waals surface area contributed by atoms with Gasteiger partial charge in [0.25, 0.3) is 5.91 Å². The summed E-state index contributed by atoms with van der Waals surface area (Å²) in [5.74, 6) is 0.819. The van der Waals surface area contributed by atoms with Crippen molar-refractivity contribution in [1.82, 2.24) is 4.90 Å². The molecule has 1 heterocycles. The topological polar surface area (TPSA) is 81.9 Å². The van der Waals surface area contributed by atoms with Gasteiger partial charge in [-0.1, -0.05) is 25.4 Å². The molecular weight excluding hydrogens is 356 g/mol. The van der Waals surface area contributed by atoms with Crippen molar-refractivity contribution in [1.29, 1.82) is 0 Å². The van der Waals surface area contributed by atoms with E-state index in [9.17, 15) is 9.59 Å². The Morgan fingerprint density at radius 3 is 2.50 bits per heavy atom. The number of nitrogens with two attached hydrogens (primary N) is 1. The van der Waals surface area contributed by atoms with Gasteiger partial charge in [-0.15, -0.1) is 0 Å². The highest BCUT2D eigenvalue weighted by Crippen LogP contribution is 2.37. The third kappa shape index (κ3) is 5.04. The Morgan fingerprint density at radius 1 is 1.31 bits per heavy atom. The van der Waals surface area contributed by atoms with Crippen molar-refractivity contribution < 1.29 is 19.1 Å². The lowest BCUT2D eigenvalue weighted by atomic mass is 9.96. The maximum atomic E-state index is 12.8. The first-order chi connectivity index (χ1) is 12.3. The van der Waals surface area contributed by atoms with E-state index in [1.165, 1.54) is 7.11 Å². The van der Waals surface area contributed by atoms with Gasteiger partial charge in [0.15, 0.2) is 11.5 Å². The van der Waals surface area contributed by atoms with E-state index in [1.807, 2.05) is 0 Å². The van der Waals surface area contributed by atoms with Crippen molar-refractivity contribution in [3.05, 3.63) is 22.7 Å². The van der Waals surface area contributed by atoms with Gasteiger partial charge in [-0.2, -0.15) is 0 Å². The first kappa shape index (κ1) is 20.4. The summed E-state index contributed by atoms with van der Waals surface area (Å²) in [4.78, 5) is 25.7. The molecule has 1 aliphatic rings. The zero-order chi connectivity index (χ0) is 19.3. The molecule has 1 saturated heterocycles. The van der Waals surface area contributed by atoms with Gasteiger partial charge >= 0.3 is 0 Å². The minimum absolute atomic E-state index is 0.137. The van der Waals surface area contributed by atoms with E-state index in [-0.39, 0.29) is 17.7 Å². The van der Waals surface area contributed by atoms with Crippen molar-refractivity contribution in [2.24, 2.45) is 17.6 Å². The number of likely N-dealkylation sites (tertiary alicyclic amines) is 1. The first-order valence-electron chi connectivity index (χ1n) is 8.92. The maximum absolute atomic E-state index is 12.8. The second-order valence-electron chi connectivity index (χ2n) is 6.99. The van der Waals surface area contributed by atoms with Crippen LogP contribution >= 0.6 is 11.6 Å². The number of piperidine rings is 1. The summed E-state index contributed by atoms with van der Waals surface area (Å²) in [5, 5.41) is 0.350. The van der Waals surface area contributed by atoms with Crippen LogP contribution in [-0.2, 0) is 4.79 Å². The summed E-state index contributed by atoms with van der Waals surface area (Å²) in [6.07, 6.45) is 2.07. The van der Waals surface area contributed by atoms with E-state index in [1.54, 1.807) is 17.0 Å². The largest absolute Gasteiger partial charge is 0.493 e. The molecule has 6 nitrogen and oxygen atoms in total. The smallest absolute Gasteiger partial charge is 0.254 e. The standard InChI is InChI=1S/C19H27ClN2O4/c1-12(2)6-9-26-17-15(20)10-14(11-16(17)25-3)19(24)22-7-4-13(5-8-22)18(21)23/h10-13H,4-9H2,1-3H3,(H2,21,23). The lowest BCUT2D eigenvalue weighted by molar-refractivity contribution is -0.123. The number of carbonyl (C=O) groups is 2. The summed E-state index contributed by atoms with van der Waals surface area (Å²) >= 11 is 6.34. The van der Waals surface area contributed by atoms with Crippen LogP contribution in [0.4, 0.5) is 0 Å². The van der Waals surface area contributed by atoms with Crippen molar-refractivity contribution in [3.63, 3.8) is 0 Å². The van der Waals surface area contributed by atoms with Gasteiger partial charge in [-0.25, -0.2) is 0 Å². The van der Waals surface area contributed by atoms with Crippen molar-refractivity contribution in [2.45, 2.75) is 33.1 Å². The molecule has 2 rings (SSSR count). The molecule has 0 aliphatic carbocycles. The SMILES string of the molecule is COc1cc(C(=O)N2CCC(C(N)=O)CC2)cc(Cl)c1OCCC(C)C. The quantitative estimate of drug-likeness (QED) is 0.785. The molecule has 2 amide bonds. The van der Waals surface area contributed by atoms with Gasteiger partial charge in [0, 0.05) is 24.6 Å². The summed E-state index contributed by atoms with van der Waals surface area (Å²) in [6.45, 7) is 5.76. The molecule has 0 radical (unpaired) electrons. The molecule has 1 aliphatic heterocycles. The molecule has 0 atom stereocenters. The predicted octanol–water partition coefficient (Wildman–Crippen LogP) is 3.11. The van der Waals surface area contributed by atoms with Crippen LogP contribution in [0.3, 0.4) is 0 Å². The number of amides is 2. The van der Waals surface area contributed by atoms with Crippen molar-refractivity contribution in [2.75, 3.05) is 26.8 Å². The van der Waals surface area contributed by atoms with Crippen LogP contribution in [0.25, 0.3) is 0 Å². The summed E-state index contributed by atoms with van der Waals surface area (Å²) < 4.78 is 11.1. The van der Waals surface area contributed by atoms with Gasteiger partial charge in [0.1, 0.15) is 0 Å². The summed E-state index contributed by atoms with van der Waals surface area (Å²) in [5.41, 5.74) is 5.79. The van der Waals surface area contributed by atoms with Gasteiger partial charge in [0.2, 0.25) is 5.91 Å². The average molecular weight is 383 g/mol. The first-order valence-corrected chi connectivity index (χ1v) is 9.30. The minimum atomic E-state index is -0.301. The number of hydrogen-bond acceptors (Lipinski definition) is 4. The highest BCUT2D eigenvalue weighted by Gasteiger charge is 2.27. The maximum Gasteiger partial charge on any atom is 0.254 e. The Bertz CT molecular complexity index is 655. The van der Waals surface area contributed by atoms with E-state index in [2.05, 4.69) is 13.8 Å². The van der Waals surface area contributed by atoms with E-state index in [0.29, 0.717) is 60.5 Å². The second-order valence-corrected chi connectivity index (χ2v) is 7.40. The predicted molar refractivity (Wildman–Crippen MR) is 101 cm³/mol. The summed E-state index contributed by atoms with van der Waals surface area (Å²) in [6, 6.07) is 3.26. The number of methoxy groups -OCH3 is 1. The third-order valence-corrected chi connectivity index (χ3v) is 4.88. The average Bonchev–Trinajstić information content (AvgIpc) is 2.61. The van der Waals surface area contributed by atoms with Crippen LogP contribution in [0, 0.1) is 11.8 Å². The normalized spacial score (nSPS) is 15.2. The number of ether oxygens (including phenoxy) is 2. The number of benzene rings is 1. The van der Waals surface area contributed by atoms with Crippen molar-refractivity contribution >= 4 is 23.4 Å². The van der Waals surface area contributed by atoms with Gasteiger partial charge in [-0.05, 0) is 37.3 Å². The van der Waals surface area contributed by atoms with Crippen LogP contribution in [0.2, 0.25) is 5.02 Å². The van der Waals surface area contributed by atoms with Crippen LogP contribution in [0.5, 0.6) is 11.5 Å². The molecule has 1 aromatic rings. The Labute approximate surface area is 159 Å². The number of hydrogen-bond donors (Lipinski definition) is 1. The Morgan fingerprint density at radius 2 is 1.96 bits per heavy atom. The van der Waals surface area contributed by atoms with E-state index in [4.69, 9.17) is 26.8 Å². The molecule has 1 fully saturated rings. The fraction of sp³-hybridized carbons (Fsp3) is 0.579. The summed E-state index contributed by atoms with van der Waals surface area (Å²) in [7, 11) is 1.52. The Kier molecular flexibility index (Phi) is 7.14. The fourth-order valence-corrected chi connectivity index (χ4v) is 3.19. The molecule has 2 N–H and O–H groups in total. The highest BCUT2D eigenvalue weighted by atomic mass is 35.5. The molecule has 0 aromatic heterocycles. The minimum Gasteiger partial charge on any atom is -0.493 e. The zero-order valence-corrected chi connectivity index (χ0v) is 16.3. The van der Waals surface area contributed by atoms with E-state index >= 15 is 0 Å². The molecule has 0 bridgehead atoms. The van der Waals surface area contributed by atoms with E-state index in [0.717, 1.165) is 6.42 Å². The molecular formula is C19H27ClN2O4. The lowest BCUT2D eigenvalue weighted by Gasteiger charge is -2.30. The van der Waals surface area contributed by atoms with Gasteiger partial charge in [0.05, 0.1) is 18.7 Å². The molecule has 0 unspecified atom stereocenters. The van der Waals surface area contributed by atoms with Crippen LogP contribution < -0.4 is 15.2 Å². The molecule has 0 spiro atoms. The molecule has 1 aromatic carbocycles. The zero-order valence-electron chi connectivity index (χ0n) is 15.6. The molecule has 26 heavy (non-hydrogen) atoms. The van der Waals surface area contributed by atoms with Crippen LogP contribution in [0.15, 0.2) is 12.1 Å². The van der Waals surface area contributed by atoms with Gasteiger partial charge < -0.3 is 20.1 Å². The van der Waals surface area contributed by atoms with Crippen molar-refractivity contribution in [3.8, 4) is 11.5 Å². The molecule has 0 saturated carbocycles.